The average molecular weight is 533 g/mol. The van der Waals surface area contributed by atoms with Crippen molar-refractivity contribution in [2.75, 3.05) is 4.72 Å². The lowest BCUT2D eigenvalue weighted by Gasteiger charge is -2.16. The number of nitrogens with one attached hydrogen (secondary N) is 1. The van der Waals surface area contributed by atoms with Gasteiger partial charge in [0.2, 0.25) is 0 Å². The lowest BCUT2D eigenvalue weighted by Crippen LogP contribution is -2.13. The Morgan fingerprint density at radius 3 is 2.13 bits per heavy atom. The van der Waals surface area contributed by atoms with Crippen LogP contribution >= 0.6 is 0 Å². The van der Waals surface area contributed by atoms with Crippen molar-refractivity contribution in [3.8, 4) is 11.1 Å². The van der Waals surface area contributed by atoms with E-state index >= 15 is 0 Å². The number of benzene rings is 4. The molecule has 5 aromatic rings. The van der Waals surface area contributed by atoms with Crippen LogP contribution in [-0.4, -0.2) is 19.2 Å². The van der Waals surface area contributed by atoms with Crippen LogP contribution in [0.15, 0.2) is 114 Å². The third kappa shape index (κ3) is 4.88. The van der Waals surface area contributed by atoms with E-state index in [1.165, 1.54) is 36.4 Å². The highest BCUT2D eigenvalue weighted by Gasteiger charge is 2.34. The predicted molar refractivity (Wildman–Crippen MR) is 139 cm³/mol. The number of hydrogen-bond donors (Lipinski definition) is 1. The monoisotopic (exact) mass is 532 g/mol. The molecule has 0 spiro atoms. The summed E-state index contributed by atoms with van der Waals surface area (Å²) in [6, 6.07) is 25.9. The molecule has 0 aliphatic heterocycles. The summed E-state index contributed by atoms with van der Waals surface area (Å²) < 4.78 is 69.7. The first-order chi connectivity index (χ1) is 18.1. The van der Waals surface area contributed by atoms with Gasteiger partial charge in [0.1, 0.15) is 0 Å². The Balaban J connectivity index is 1.71. The first kappa shape index (κ1) is 25.2. The summed E-state index contributed by atoms with van der Waals surface area (Å²) in [6.45, 7) is 0. The van der Waals surface area contributed by atoms with Gasteiger partial charge < -0.3 is 0 Å². The van der Waals surface area contributed by atoms with Gasteiger partial charge in [-0.1, -0.05) is 72.8 Å². The zero-order valence-electron chi connectivity index (χ0n) is 19.6. The lowest BCUT2D eigenvalue weighted by atomic mass is 9.91. The van der Waals surface area contributed by atoms with Gasteiger partial charge in [-0.15, -0.1) is 0 Å². The van der Waals surface area contributed by atoms with Crippen molar-refractivity contribution in [3.63, 3.8) is 0 Å². The minimum Gasteiger partial charge on any atom is -0.289 e. The molecule has 1 N–H and O–H groups in total. The normalized spacial score (nSPS) is 11.9. The summed E-state index contributed by atoms with van der Waals surface area (Å²) in [7, 11) is -3.93. The second-order valence-electron chi connectivity index (χ2n) is 8.44. The van der Waals surface area contributed by atoms with Crippen molar-refractivity contribution >= 4 is 32.4 Å². The number of anilines is 1. The fourth-order valence-corrected chi connectivity index (χ4v) is 5.30. The minimum atomic E-state index is -4.66. The number of fused-ring (bicyclic) bond motifs is 1. The number of alkyl halides is 3. The van der Waals surface area contributed by atoms with Crippen LogP contribution in [0.25, 0.3) is 22.0 Å². The third-order valence-electron chi connectivity index (χ3n) is 5.94. The van der Waals surface area contributed by atoms with Gasteiger partial charge in [-0.2, -0.15) is 13.2 Å². The van der Waals surface area contributed by atoms with E-state index in [1.807, 2.05) is 0 Å². The molecule has 1 aromatic heterocycles. The van der Waals surface area contributed by atoms with Crippen LogP contribution in [0, 0.1) is 0 Å². The number of nitrogens with zero attached hydrogens (tertiary/aromatic N) is 1. The van der Waals surface area contributed by atoms with Crippen LogP contribution in [0.4, 0.5) is 18.9 Å². The molecule has 0 fully saturated rings. The summed E-state index contributed by atoms with van der Waals surface area (Å²) in [6.07, 6.45) is -3.52. The molecule has 0 aliphatic carbocycles. The Morgan fingerprint density at radius 2 is 1.45 bits per heavy atom. The smallest absolute Gasteiger partial charge is 0.289 e. The summed E-state index contributed by atoms with van der Waals surface area (Å²) >= 11 is 0. The van der Waals surface area contributed by atoms with Crippen molar-refractivity contribution in [1.82, 2.24) is 4.98 Å². The van der Waals surface area contributed by atoms with Gasteiger partial charge in [-0.25, -0.2) is 8.42 Å². The van der Waals surface area contributed by atoms with Crippen molar-refractivity contribution in [3.05, 3.63) is 126 Å². The number of aromatic nitrogens is 1. The number of rotatable bonds is 6. The molecule has 0 atom stereocenters. The van der Waals surface area contributed by atoms with Crippen LogP contribution in [0.1, 0.15) is 21.5 Å². The summed E-state index contributed by atoms with van der Waals surface area (Å²) in [5.41, 5.74) is -0.0685. The van der Waals surface area contributed by atoms with Crippen molar-refractivity contribution < 1.29 is 26.4 Å². The fourth-order valence-electron chi connectivity index (χ4n) is 4.23. The molecule has 5 nitrogen and oxygen atoms in total. The molecular formula is C29H19F3N2O3S. The molecule has 5 rings (SSSR count). The van der Waals surface area contributed by atoms with E-state index in [0.29, 0.717) is 11.1 Å². The second-order valence-corrected chi connectivity index (χ2v) is 10.1. The van der Waals surface area contributed by atoms with E-state index in [2.05, 4.69) is 9.71 Å². The Morgan fingerprint density at radius 1 is 0.789 bits per heavy atom. The number of halogens is 3. The standard InChI is InChI=1S/C29H19F3N2O3S/c30-29(31,32)25-16-8-15-23-26(24(18-33-27(23)25)28(35)19-9-3-1-4-10-19)20-11-7-12-21(17-20)34-38(36,37)22-13-5-2-6-14-22/h1-18,34H. The molecule has 38 heavy (non-hydrogen) atoms. The van der Waals surface area contributed by atoms with E-state index in [0.717, 1.165) is 12.3 Å². The SMILES string of the molecule is O=C(c1ccccc1)c1cnc2c(C(F)(F)F)cccc2c1-c1cccc(NS(=O)(=O)c2ccccc2)c1. The number of carbonyl (C=O) groups is 1. The number of carbonyl (C=O) groups excluding carboxylic acids is 1. The van der Waals surface area contributed by atoms with Gasteiger partial charge in [0.25, 0.3) is 10.0 Å². The van der Waals surface area contributed by atoms with Crippen LogP contribution in [0.3, 0.4) is 0 Å². The summed E-state index contributed by atoms with van der Waals surface area (Å²) in [5, 5.41) is 0.115. The predicted octanol–water partition coefficient (Wildman–Crippen LogP) is 6.95. The van der Waals surface area contributed by atoms with Gasteiger partial charge in [0.15, 0.2) is 5.78 Å². The van der Waals surface area contributed by atoms with Gasteiger partial charge in [-0.05, 0) is 35.9 Å². The van der Waals surface area contributed by atoms with Crippen molar-refractivity contribution in [1.29, 1.82) is 0 Å². The zero-order chi connectivity index (χ0) is 26.9. The van der Waals surface area contributed by atoms with E-state index in [-0.39, 0.29) is 32.6 Å². The number of hydrogen-bond acceptors (Lipinski definition) is 4. The van der Waals surface area contributed by atoms with Gasteiger partial charge >= 0.3 is 6.18 Å². The quantitative estimate of drug-likeness (QED) is 0.240. The maximum atomic E-state index is 13.8. The lowest BCUT2D eigenvalue weighted by molar-refractivity contribution is -0.136. The highest BCUT2D eigenvalue weighted by molar-refractivity contribution is 7.92. The molecule has 190 valence electrons. The first-order valence-electron chi connectivity index (χ1n) is 11.4. The highest BCUT2D eigenvalue weighted by atomic mass is 32.2. The number of para-hydroxylation sites is 1. The van der Waals surface area contributed by atoms with Gasteiger partial charge in [0.05, 0.1) is 16.0 Å². The van der Waals surface area contributed by atoms with E-state index < -0.39 is 27.5 Å². The maximum Gasteiger partial charge on any atom is 0.418 e. The third-order valence-corrected chi connectivity index (χ3v) is 7.34. The van der Waals surface area contributed by atoms with E-state index in [4.69, 9.17) is 0 Å². The molecule has 0 saturated carbocycles. The average Bonchev–Trinajstić information content (AvgIpc) is 2.92. The molecule has 0 unspecified atom stereocenters. The number of sulfonamides is 1. The van der Waals surface area contributed by atoms with Crippen LogP contribution in [-0.2, 0) is 16.2 Å². The Labute approximate surface area is 216 Å². The summed E-state index contributed by atoms with van der Waals surface area (Å²) in [5.74, 6) is -0.428. The van der Waals surface area contributed by atoms with Gasteiger partial charge in [-0.3, -0.25) is 14.5 Å². The zero-order valence-corrected chi connectivity index (χ0v) is 20.4. The largest absolute Gasteiger partial charge is 0.418 e. The molecule has 0 saturated heterocycles. The molecular weight excluding hydrogens is 513 g/mol. The second kappa shape index (κ2) is 9.75. The first-order valence-corrected chi connectivity index (χ1v) is 12.9. The molecule has 0 bridgehead atoms. The number of ketones is 1. The van der Waals surface area contributed by atoms with Crippen molar-refractivity contribution in [2.24, 2.45) is 0 Å². The molecule has 0 amide bonds. The fraction of sp³-hybridized carbons (Fsp3) is 0.0345. The Kier molecular flexibility index (Phi) is 6.46. The molecule has 0 radical (unpaired) electrons. The minimum absolute atomic E-state index is 0.0505. The maximum absolute atomic E-state index is 13.8. The molecule has 0 aliphatic rings. The number of pyridine rings is 1. The molecule has 1 heterocycles. The van der Waals surface area contributed by atoms with Gasteiger partial charge in [0, 0.05) is 34.0 Å². The highest BCUT2D eigenvalue weighted by Crippen LogP contribution is 2.39. The molecule has 9 heteroatoms. The Hall–Kier alpha value is -4.50. The van der Waals surface area contributed by atoms with Crippen LogP contribution in [0.5, 0.6) is 0 Å². The topological polar surface area (TPSA) is 76.1 Å². The van der Waals surface area contributed by atoms with E-state index in [9.17, 15) is 26.4 Å². The van der Waals surface area contributed by atoms with E-state index in [1.54, 1.807) is 60.7 Å². The van der Waals surface area contributed by atoms with Crippen LogP contribution < -0.4 is 4.72 Å². The Bertz CT molecular complexity index is 1760. The van der Waals surface area contributed by atoms with Crippen LogP contribution in [0.2, 0.25) is 0 Å². The summed E-state index contributed by atoms with van der Waals surface area (Å²) in [4.78, 5) is 17.6. The van der Waals surface area contributed by atoms with Crippen molar-refractivity contribution in [2.45, 2.75) is 11.1 Å². The molecule has 4 aromatic carbocycles.